The molecule has 0 saturated carbocycles. The van der Waals surface area contributed by atoms with Crippen molar-refractivity contribution in [2.75, 3.05) is 13.2 Å². The number of hydrogen-bond acceptors (Lipinski definition) is 5. The maximum atomic E-state index is 13.4. The van der Waals surface area contributed by atoms with Crippen LogP contribution in [0.25, 0.3) is 22.3 Å². The van der Waals surface area contributed by atoms with Gasteiger partial charge in [-0.15, -0.1) is 11.3 Å². The fraction of sp³-hybridized carbons (Fsp3) is 0.179. The largest absolute Gasteiger partial charge is 0.376 e. The number of ether oxygens (including phenoxy) is 1. The third-order valence-electron chi connectivity index (χ3n) is 6.00. The quantitative estimate of drug-likeness (QED) is 0.257. The summed E-state index contributed by atoms with van der Waals surface area (Å²) in [6.45, 7) is 1.02. The van der Waals surface area contributed by atoms with Gasteiger partial charge in [-0.3, -0.25) is 9.59 Å². The fourth-order valence-electron chi connectivity index (χ4n) is 4.09. The van der Waals surface area contributed by atoms with Gasteiger partial charge in [0.1, 0.15) is 11.4 Å². The third-order valence-corrected chi connectivity index (χ3v) is 7.42. The van der Waals surface area contributed by atoms with E-state index in [0.717, 1.165) is 23.4 Å². The van der Waals surface area contributed by atoms with E-state index in [1.54, 1.807) is 16.8 Å². The van der Waals surface area contributed by atoms with E-state index in [2.05, 4.69) is 10.6 Å². The molecule has 10 heteroatoms. The van der Waals surface area contributed by atoms with E-state index < -0.39 is 11.8 Å². The van der Waals surface area contributed by atoms with Crippen LogP contribution >= 0.6 is 34.5 Å². The maximum absolute atomic E-state index is 13.4. The summed E-state index contributed by atoms with van der Waals surface area (Å²) in [5.74, 6) is -0.971. The molecule has 0 radical (unpaired) electrons. The predicted molar refractivity (Wildman–Crippen MR) is 151 cm³/mol. The number of benzene rings is 2. The number of halogens is 2. The Morgan fingerprint density at radius 1 is 1.13 bits per heavy atom. The molecule has 1 fully saturated rings. The summed E-state index contributed by atoms with van der Waals surface area (Å²) in [7, 11) is 0. The van der Waals surface area contributed by atoms with Gasteiger partial charge in [-0.25, -0.2) is 4.68 Å². The fourth-order valence-corrected chi connectivity index (χ4v) is 5.32. The van der Waals surface area contributed by atoms with Crippen molar-refractivity contribution in [3.8, 4) is 16.3 Å². The molecule has 194 valence electrons. The van der Waals surface area contributed by atoms with Gasteiger partial charge in [-0.1, -0.05) is 47.5 Å². The highest BCUT2D eigenvalue weighted by atomic mass is 35.5. The van der Waals surface area contributed by atoms with Crippen molar-refractivity contribution in [3.05, 3.63) is 99.1 Å². The van der Waals surface area contributed by atoms with E-state index >= 15 is 0 Å². The van der Waals surface area contributed by atoms with Gasteiger partial charge in [0.15, 0.2) is 0 Å². The molecule has 1 aliphatic heterocycles. The van der Waals surface area contributed by atoms with E-state index in [0.29, 0.717) is 29.4 Å². The van der Waals surface area contributed by atoms with Crippen LogP contribution in [0.15, 0.2) is 77.9 Å². The van der Waals surface area contributed by atoms with Crippen LogP contribution in [-0.2, 0) is 9.53 Å². The highest BCUT2D eigenvalue weighted by Gasteiger charge is 2.22. The molecule has 2 aromatic carbocycles. The van der Waals surface area contributed by atoms with Crippen LogP contribution in [0, 0.1) is 0 Å². The molecule has 7 nitrogen and oxygen atoms in total. The zero-order valence-electron chi connectivity index (χ0n) is 20.2. The lowest BCUT2D eigenvalue weighted by molar-refractivity contribution is -0.118. The lowest BCUT2D eigenvalue weighted by atomic mass is 10.1. The summed E-state index contributed by atoms with van der Waals surface area (Å²) in [5.41, 5.74) is 2.48. The highest BCUT2D eigenvalue weighted by molar-refractivity contribution is 7.13. The van der Waals surface area contributed by atoms with Crippen molar-refractivity contribution in [2.45, 2.75) is 18.9 Å². The van der Waals surface area contributed by atoms with Crippen LogP contribution in [0.5, 0.6) is 0 Å². The van der Waals surface area contributed by atoms with Gasteiger partial charge in [-0.2, -0.15) is 5.10 Å². The maximum Gasteiger partial charge on any atom is 0.267 e. The standard InChI is InChI=1S/C28H24Cl2N4O3S/c29-19-10-11-22(23(30)15-19)27(35)32-24(28(36)31-16-21-8-4-12-37-21)14-18-17-34(20-6-2-1-3-7-20)33-26(18)25-9-5-13-38-25/h1-3,5-7,9-11,13-15,17,21H,4,8,12,16H2,(H,31,36)(H,32,35)/b24-14+/t21-/m0/s1. The second kappa shape index (κ2) is 12.0. The lowest BCUT2D eigenvalue weighted by Crippen LogP contribution is -2.38. The topological polar surface area (TPSA) is 85.2 Å². The van der Waals surface area contributed by atoms with Crippen molar-refractivity contribution in [1.29, 1.82) is 0 Å². The van der Waals surface area contributed by atoms with E-state index in [1.165, 1.54) is 23.5 Å². The minimum Gasteiger partial charge on any atom is -0.376 e. The number of carbonyl (C=O) groups excluding carboxylic acids is 2. The number of amides is 2. The predicted octanol–water partition coefficient (Wildman–Crippen LogP) is 5.97. The molecule has 38 heavy (non-hydrogen) atoms. The van der Waals surface area contributed by atoms with Crippen molar-refractivity contribution in [2.24, 2.45) is 0 Å². The summed E-state index contributed by atoms with van der Waals surface area (Å²) in [4.78, 5) is 27.5. The number of thiophene rings is 1. The number of rotatable bonds is 8. The first-order chi connectivity index (χ1) is 18.5. The minimum atomic E-state index is -0.529. The number of para-hydroxylation sites is 1. The normalized spacial score (nSPS) is 15.4. The summed E-state index contributed by atoms with van der Waals surface area (Å²) in [6.07, 6.45) is 5.24. The average Bonchev–Trinajstić information content (AvgIpc) is 3.69. The molecule has 5 rings (SSSR count). The first-order valence-corrected chi connectivity index (χ1v) is 13.7. The molecule has 1 atom stereocenters. The number of nitrogens with zero attached hydrogens (tertiary/aromatic N) is 2. The third kappa shape index (κ3) is 6.16. The van der Waals surface area contributed by atoms with Gasteiger partial charge in [0.05, 0.1) is 27.3 Å². The van der Waals surface area contributed by atoms with Gasteiger partial charge in [-0.05, 0) is 60.7 Å². The zero-order chi connectivity index (χ0) is 26.5. The Bertz CT molecular complexity index is 1460. The molecule has 0 unspecified atom stereocenters. The second-order valence-electron chi connectivity index (χ2n) is 8.67. The SMILES string of the molecule is O=C(NC[C@@H]1CCCO1)/C(=C\c1cn(-c2ccccc2)nc1-c1cccs1)NC(=O)c1ccc(Cl)cc1Cl. The Morgan fingerprint density at radius 3 is 2.68 bits per heavy atom. The molecule has 0 bridgehead atoms. The Balaban J connectivity index is 1.52. The number of aromatic nitrogens is 2. The van der Waals surface area contributed by atoms with E-state index in [1.807, 2.05) is 54.0 Å². The zero-order valence-corrected chi connectivity index (χ0v) is 22.5. The summed E-state index contributed by atoms with van der Waals surface area (Å²) in [5, 5.41) is 13.0. The summed E-state index contributed by atoms with van der Waals surface area (Å²) >= 11 is 13.8. The Morgan fingerprint density at radius 2 is 1.97 bits per heavy atom. The molecule has 0 aliphatic carbocycles. The van der Waals surface area contributed by atoms with Crippen molar-refractivity contribution in [3.63, 3.8) is 0 Å². The molecule has 3 heterocycles. The number of nitrogens with one attached hydrogen (secondary N) is 2. The summed E-state index contributed by atoms with van der Waals surface area (Å²) < 4.78 is 7.39. The highest BCUT2D eigenvalue weighted by Crippen LogP contribution is 2.29. The van der Waals surface area contributed by atoms with Crippen LogP contribution < -0.4 is 10.6 Å². The van der Waals surface area contributed by atoms with Gasteiger partial charge in [0.2, 0.25) is 0 Å². The first-order valence-electron chi connectivity index (χ1n) is 12.0. The molecule has 1 saturated heterocycles. The van der Waals surface area contributed by atoms with E-state index in [4.69, 9.17) is 33.0 Å². The Kier molecular flexibility index (Phi) is 8.24. The minimum absolute atomic E-state index is 0.0517. The van der Waals surface area contributed by atoms with Gasteiger partial charge in [0.25, 0.3) is 11.8 Å². The summed E-state index contributed by atoms with van der Waals surface area (Å²) in [6, 6.07) is 18.1. The molecular formula is C28H24Cl2N4O3S. The lowest BCUT2D eigenvalue weighted by Gasteiger charge is -2.14. The second-order valence-corrected chi connectivity index (χ2v) is 10.5. The first kappa shape index (κ1) is 26.2. The molecule has 2 aromatic heterocycles. The Hall–Kier alpha value is -3.43. The molecule has 1 aliphatic rings. The van der Waals surface area contributed by atoms with Crippen LogP contribution in [0.2, 0.25) is 10.0 Å². The molecule has 2 amide bonds. The smallest absolute Gasteiger partial charge is 0.267 e. The molecular weight excluding hydrogens is 543 g/mol. The average molecular weight is 567 g/mol. The van der Waals surface area contributed by atoms with Gasteiger partial charge in [0, 0.05) is 29.9 Å². The van der Waals surface area contributed by atoms with Gasteiger partial charge >= 0.3 is 0 Å². The van der Waals surface area contributed by atoms with Crippen LogP contribution in [0.3, 0.4) is 0 Å². The van der Waals surface area contributed by atoms with Crippen LogP contribution in [-0.4, -0.2) is 40.9 Å². The van der Waals surface area contributed by atoms with Gasteiger partial charge < -0.3 is 15.4 Å². The van der Waals surface area contributed by atoms with Crippen LogP contribution in [0.4, 0.5) is 0 Å². The van der Waals surface area contributed by atoms with E-state index in [9.17, 15) is 9.59 Å². The molecule has 2 N–H and O–H groups in total. The number of hydrogen-bond donors (Lipinski definition) is 2. The van der Waals surface area contributed by atoms with Crippen molar-refractivity contribution in [1.82, 2.24) is 20.4 Å². The van der Waals surface area contributed by atoms with Crippen molar-refractivity contribution >= 4 is 52.4 Å². The number of carbonyl (C=O) groups is 2. The monoisotopic (exact) mass is 566 g/mol. The Labute approximate surface area is 234 Å². The molecule has 4 aromatic rings. The van der Waals surface area contributed by atoms with Crippen LogP contribution in [0.1, 0.15) is 28.8 Å². The molecule has 0 spiro atoms. The van der Waals surface area contributed by atoms with E-state index in [-0.39, 0.29) is 22.4 Å². The van der Waals surface area contributed by atoms with Crippen molar-refractivity contribution < 1.29 is 14.3 Å².